The Morgan fingerprint density at radius 1 is 1.17 bits per heavy atom. The van der Waals surface area contributed by atoms with Gasteiger partial charge in [0.25, 0.3) is 5.89 Å². The van der Waals surface area contributed by atoms with Crippen molar-refractivity contribution in [3.8, 4) is 22.8 Å². The lowest BCUT2D eigenvalue weighted by molar-refractivity contribution is -0.126. The van der Waals surface area contributed by atoms with Crippen LogP contribution in [0.1, 0.15) is 32.3 Å². The van der Waals surface area contributed by atoms with Gasteiger partial charge < -0.3 is 14.7 Å². The molecular formula is C23H27N5O2. The molecule has 156 valence electrons. The van der Waals surface area contributed by atoms with Crippen LogP contribution in [0.3, 0.4) is 0 Å². The molecule has 1 aliphatic rings. The summed E-state index contributed by atoms with van der Waals surface area (Å²) in [5, 5.41) is 7.18. The smallest absolute Gasteiger partial charge is 0.261 e. The Hall–Kier alpha value is -3.22. The Kier molecular flexibility index (Phi) is 5.79. The van der Waals surface area contributed by atoms with Gasteiger partial charge >= 0.3 is 0 Å². The molecule has 0 saturated carbocycles. The molecule has 3 aromatic rings. The number of benzene rings is 1. The first-order chi connectivity index (χ1) is 14.5. The number of hydrogen-bond donors (Lipinski definition) is 1. The number of rotatable bonds is 5. The van der Waals surface area contributed by atoms with Gasteiger partial charge in [0.2, 0.25) is 11.7 Å². The molecule has 0 aliphatic carbocycles. The Morgan fingerprint density at radius 3 is 2.60 bits per heavy atom. The monoisotopic (exact) mass is 405 g/mol. The van der Waals surface area contributed by atoms with Gasteiger partial charge in [0.05, 0.1) is 5.56 Å². The van der Waals surface area contributed by atoms with E-state index < -0.39 is 0 Å². The second kappa shape index (κ2) is 8.65. The van der Waals surface area contributed by atoms with Crippen molar-refractivity contribution in [1.29, 1.82) is 0 Å². The largest absolute Gasteiger partial charge is 0.356 e. The van der Waals surface area contributed by atoms with Gasteiger partial charge in [-0.25, -0.2) is 4.98 Å². The highest BCUT2D eigenvalue weighted by atomic mass is 16.5. The number of nitrogens with zero attached hydrogens (tertiary/aromatic N) is 4. The molecule has 1 amide bonds. The summed E-state index contributed by atoms with van der Waals surface area (Å²) in [4.78, 5) is 23.7. The van der Waals surface area contributed by atoms with E-state index in [4.69, 9.17) is 4.52 Å². The lowest BCUT2D eigenvalue weighted by Gasteiger charge is -2.33. The van der Waals surface area contributed by atoms with Crippen molar-refractivity contribution in [1.82, 2.24) is 20.4 Å². The number of anilines is 1. The van der Waals surface area contributed by atoms with E-state index in [9.17, 15) is 4.79 Å². The molecular weight excluding hydrogens is 378 g/mol. The number of piperidine rings is 1. The van der Waals surface area contributed by atoms with Crippen LogP contribution in [0.25, 0.3) is 22.8 Å². The van der Waals surface area contributed by atoms with E-state index in [2.05, 4.69) is 25.3 Å². The molecule has 1 saturated heterocycles. The number of carbonyl (C=O) groups excluding carboxylic acids is 1. The first-order valence-electron chi connectivity index (χ1n) is 10.4. The Bertz CT molecular complexity index is 1000. The van der Waals surface area contributed by atoms with E-state index in [-0.39, 0.29) is 17.9 Å². The predicted molar refractivity (Wildman–Crippen MR) is 116 cm³/mol. The summed E-state index contributed by atoms with van der Waals surface area (Å²) in [5.41, 5.74) is 2.91. The molecule has 0 spiro atoms. The third-order valence-corrected chi connectivity index (χ3v) is 5.35. The van der Waals surface area contributed by atoms with Gasteiger partial charge in [-0.05, 0) is 45.7 Å². The summed E-state index contributed by atoms with van der Waals surface area (Å²) in [6.45, 7) is 7.55. The van der Waals surface area contributed by atoms with Crippen molar-refractivity contribution in [3.05, 3.63) is 48.2 Å². The van der Waals surface area contributed by atoms with Crippen LogP contribution in [0.4, 0.5) is 5.82 Å². The zero-order valence-corrected chi connectivity index (χ0v) is 17.6. The minimum atomic E-state index is 0.0485. The van der Waals surface area contributed by atoms with Crippen LogP contribution in [0.2, 0.25) is 0 Å². The molecule has 4 rings (SSSR count). The summed E-state index contributed by atoms with van der Waals surface area (Å²) < 4.78 is 5.58. The molecule has 0 radical (unpaired) electrons. The standard InChI is InChI=1S/C23H27N5O2/c1-15(2)25-22(29)18-10-13-28(14-11-18)21-19(5-4-12-24-21)23-26-20(27-30-23)17-8-6-16(3)7-9-17/h4-9,12,15,18H,10-11,13-14H2,1-3H3,(H,25,29). The fourth-order valence-corrected chi connectivity index (χ4v) is 3.72. The van der Waals surface area contributed by atoms with E-state index in [0.29, 0.717) is 11.7 Å². The number of amides is 1. The molecule has 1 N–H and O–H groups in total. The molecule has 1 aromatic carbocycles. The molecule has 2 aromatic heterocycles. The second-order valence-electron chi connectivity index (χ2n) is 8.09. The number of carbonyl (C=O) groups is 1. The summed E-state index contributed by atoms with van der Waals surface area (Å²) in [7, 11) is 0. The summed E-state index contributed by atoms with van der Waals surface area (Å²) in [5.74, 6) is 2.02. The first-order valence-corrected chi connectivity index (χ1v) is 10.4. The Balaban J connectivity index is 1.52. The number of hydrogen-bond acceptors (Lipinski definition) is 6. The maximum absolute atomic E-state index is 12.3. The zero-order valence-electron chi connectivity index (χ0n) is 17.6. The second-order valence-corrected chi connectivity index (χ2v) is 8.09. The number of nitrogens with one attached hydrogen (secondary N) is 1. The third kappa shape index (κ3) is 4.35. The Labute approximate surface area is 176 Å². The van der Waals surface area contributed by atoms with Crippen molar-refractivity contribution >= 4 is 11.7 Å². The molecule has 3 heterocycles. The van der Waals surface area contributed by atoms with Crippen molar-refractivity contribution in [2.45, 2.75) is 39.7 Å². The van der Waals surface area contributed by atoms with Crippen LogP contribution < -0.4 is 10.2 Å². The normalized spacial score (nSPS) is 14.9. The summed E-state index contributed by atoms with van der Waals surface area (Å²) in [6, 6.07) is 12.0. The third-order valence-electron chi connectivity index (χ3n) is 5.35. The quantitative estimate of drug-likeness (QED) is 0.694. The highest BCUT2D eigenvalue weighted by Gasteiger charge is 2.28. The maximum atomic E-state index is 12.3. The first kappa shape index (κ1) is 20.1. The fraction of sp³-hybridized carbons (Fsp3) is 0.391. The lowest BCUT2D eigenvalue weighted by Crippen LogP contribution is -2.42. The van der Waals surface area contributed by atoms with Gasteiger partial charge in [-0.3, -0.25) is 4.79 Å². The van der Waals surface area contributed by atoms with Gasteiger partial charge in [0.15, 0.2) is 0 Å². The van der Waals surface area contributed by atoms with Gasteiger partial charge in [-0.1, -0.05) is 35.0 Å². The molecule has 7 nitrogen and oxygen atoms in total. The van der Waals surface area contributed by atoms with E-state index in [1.165, 1.54) is 5.56 Å². The van der Waals surface area contributed by atoms with Gasteiger partial charge in [0.1, 0.15) is 5.82 Å². The highest BCUT2D eigenvalue weighted by molar-refractivity contribution is 5.79. The maximum Gasteiger partial charge on any atom is 0.261 e. The number of pyridine rings is 1. The van der Waals surface area contributed by atoms with Gasteiger partial charge in [-0.15, -0.1) is 0 Å². The summed E-state index contributed by atoms with van der Waals surface area (Å²) >= 11 is 0. The summed E-state index contributed by atoms with van der Waals surface area (Å²) in [6.07, 6.45) is 3.37. The van der Waals surface area contributed by atoms with E-state index >= 15 is 0 Å². The topological polar surface area (TPSA) is 84.2 Å². The lowest BCUT2D eigenvalue weighted by atomic mass is 9.95. The van der Waals surface area contributed by atoms with Crippen molar-refractivity contribution in [3.63, 3.8) is 0 Å². The molecule has 1 fully saturated rings. The zero-order chi connectivity index (χ0) is 21.1. The average Bonchev–Trinajstić information content (AvgIpc) is 3.24. The van der Waals surface area contributed by atoms with Crippen LogP contribution in [-0.2, 0) is 4.79 Å². The van der Waals surface area contributed by atoms with Crippen LogP contribution in [-0.4, -0.2) is 40.2 Å². The van der Waals surface area contributed by atoms with Crippen molar-refractivity contribution < 1.29 is 9.32 Å². The molecule has 0 bridgehead atoms. The Morgan fingerprint density at radius 2 is 1.90 bits per heavy atom. The van der Waals surface area contributed by atoms with E-state index in [1.54, 1.807) is 6.20 Å². The highest BCUT2D eigenvalue weighted by Crippen LogP contribution is 2.32. The van der Waals surface area contributed by atoms with Crippen LogP contribution in [0.5, 0.6) is 0 Å². The van der Waals surface area contributed by atoms with Crippen molar-refractivity contribution in [2.75, 3.05) is 18.0 Å². The minimum absolute atomic E-state index is 0.0485. The molecule has 1 aliphatic heterocycles. The molecule has 7 heteroatoms. The van der Waals surface area contributed by atoms with E-state index in [0.717, 1.165) is 42.9 Å². The predicted octanol–water partition coefficient (Wildman–Crippen LogP) is 3.85. The SMILES string of the molecule is Cc1ccc(-c2noc(-c3cccnc3N3CCC(C(=O)NC(C)C)CC3)n2)cc1. The van der Waals surface area contributed by atoms with Crippen LogP contribution in [0, 0.1) is 12.8 Å². The van der Waals surface area contributed by atoms with Gasteiger partial charge in [-0.2, -0.15) is 4.98 Å². The molecule has 0 unspecified atom stereocenters. The minimum Gasteiger partial charge on any atom is -0.356 e. The molecule has 30 heavy (non-hydrogen) atoms. The van der Waals surface area contributed by atoms with Crippen molar-refractivity contribution in [2.24, 2.45) is 5.92 Å². The fourth-order valence-electron chi connectivity index (χ4n) is 3.72. The van der Waals surface area contributed by atoms with E-state index in [1.807, 2.05) is 57.2 Å². The number of aromatic nitrogens is 3. The van der Waals surface area contributed by atoms with Crippen LogP contribution in [0.15, 0.2) is 47.1 Å². The van der Waals surface area contributed by atoms with Crippen LogP contribution >= 0.6 is 0 Å². The molecule has 0 atom stereocenters. The van der Waals surface area contributed by atoms with Gasteiger partial charge in [0, 0.05) is 36.8 Å². The number of aryl methyl sites for hydroxylation is 1. The average molecular weight is 406 g/mol.